The van der Waals surface area contributed by atoms with Crippen molar-refractivity contribution in [3.8, 4) is 0 Å². The first kappa shape index (κ1) is 14.9. The lowest BCUT2D eigenvalue weighted by atomic mass is 10.2. The topological polar surface area (TPSA) is 76.7 Å². The number of hydrogen-bond donors (Lipinski definition) is 2. The molecule has 0 aromatic rings. The molecule has 6 nitrogen and oxygen atoms in total. The van der Waals surface area contributed by atoms with Gasteiger partial charge in [-0.2, -0.15) is 0 Å². The highest BCUT2D eigenvalue weighted by Gasteiger charge is 2.18. The zero-order valence-electron chi connectivity index (χ0n) is 10.9. The van der Waals surface area contributed by atoms with Crippen molar-refractivity contribution in [2.24, 2.45) is 0 Å². The lowest BCUT2D eigenvalue weighted by Crippen LogP contribution is -2.43. The van der Waals surface area contributed by atoms with Gasteiger partial charge < -0.3 is 20.1 Å². The summed E-state index contributed by atoms with van der Waals surface area (Å²) in [7, 11) is 0. The van der Waals surface area contributed by atoms with Crippen molar-refractivity contribution < 1.29 is 19.1 Å². The fourth-order valence-corrected chi connectivity index (χ4v) is 1.69. The first-order chi connectivity index (χ1) is 8.74. The highest BCUT2D eigenvalue weighted by atomic mass is 16.5. The SMILES string of the molecule is CCOCCCNC(=O)C(=O)NC[C@@H]1CCCO1. The van der Waals surface area contributed by atoms with Crippen LogP contribution < -0.4 is 10.6 Å². The summed E-state index contributed by atoms with van der Waals surface area (Å²) in [4.78, 5) is 22.8. The average Bonchev–Trinajstić information content (AvgIpc) is 2.88. The van der Waals surface area contributed by atoms with E-state index in [0.29, 0.717) is 32.7 Å². The second-order valence-electron chi connectivity index (χ2n) is 4.15. The molecule has 18 heavy (non-hydrogen) atoms. The standard InChI is InChI=1S/C12H22N2O4/c1-2-17-7-4-6-13-11(15)12(16)14-9-10-5-3-8-18-10/h10H,2-9H2,1H3,(H,13,15)(H,14,16)/t10-/m0/s1. The number of carbonyl (C=O) groups excluding carboxylic acids is 2. The quantitative estimate of drug-likeness (QED) is 0.491. The van der Waals surface area contributed by atoms with E-state index in [1.807, 2.05) is 6.92 Å². The van der Waals surface area contributed by atoms with Crippen LogP contribution in [0.3, 0.4) is 0 Å². The van der Waals surface area contributed by atoms with Gasteiger partial charge in [0.15, 0.2) is 0 Å². The van der Waals surface area contributed by atoms with Gasteiger partial charge in [0.2, 0.25) is 0 Å². The number of rotatable bonds is 7. The molecule has 1 rings (SSSR count). The molecule has 0 aliphatic carbocycles. The second-order valence-corrected chi connectivity index (χ2v) is 4.15. The van der Waals surface area contributed by atoms with Gasteiger partial charge in [0.25, 0.3) is 0 Å². The van der Waals surface area contributed by atoms with E-state index in [9.17, 15) is 9.59 Å². The molecule has 2 N–H and O–H groups in total. The number of carbonyl (C=O) groups is 2. The normalized spacial score (nSPS) is 18.6. The van der Waals surface area contributed by atoms with Crippen LogP contribution in [0.1, 0.15) is 26.2 Å². The molecule has 1 fully saturated rings. The Kier molecular flexibility index (Phi) is 7.36. The van der Waals surface area contributed by atoms with Crippen LogP contribution in [0.25, 0.3) is 0 Å². The van der Waals surface area contributed by atoms with Crippen molar-refractivity contribution in [3.63, 3.8) is 0 Å². The number of hydrogen-bond acceptors (Lipinski definition) is 4. The Bertz CT molecular complexity index is 265. The van der Waals surface area contributed by atoms with Crippen LogP contribution in [0.4, 0.5) is 0 Å². The van der Waals surface area contributed by atoms with Crippen molar-refractivity contribution in [2.75, 3.05) is 32.9 Å². The summed E-state index contributed by atoms with van der Waals surface area (Å²) in [5.41, 5.74) is 0. The van der Waals surface area contributed by atoms with Crippen LogP contribution in [0.2, 0.25) is 0 Å². The van der Waals surface area contributed by atoms with E-state index in [-0.39, 0.29) is 6.10 Å². The molecule has 0 saturated carbocycles. The Morgan fingerprint density at radius 1 is 1.33 bits per heavy atom. The van der Waals surface area contributed by atoms with Gasteiger partial charge in [-0.15, -0.1) is 0 Å². The van der Waals surface area contributed by atoms with Gasteiger partial charge in [0.05, 0.1) is 6.10 Å². The van der Waals surface area contributed by atoms with Crippen molar-refractivity contribution in [1.29, 1.82) is 0 Å². The third-order valence-corrected chi connectivity index (χ3v) is 2.68. The first-order valence-electron chi connectivity index (χ1n) is 6.49. The Labute approximate surface area is 107 Å². The molecular formula is C12H22N2O4. The predicted octanol–water partition coefficient (Wildman–Crippen LogP) is -0.176. The number of nitrogens with one attached hydrogen (secondary N) is 2. The molecule has 1 heterocycles. The van der Waals surface area contributed by atoms with E-state index in [1.54, 1.807) is 0 Å². The Balaban J connectivity index is 2.03. The smallest absolute Gasteiger partial charge is 0.309 e. The fourth-order valence-electron chi connectivity index (χ4n) is 1.69. The van der Waals surface area contributed by atoms with Crippen LogP contribution >= 0.6 is 0 Å². The van der Waals surface area contributed by atoms with Crippen LogP contribution in [0, 0.1) is 0 Å². The summed E-state index contributed by atoms with van der Waals surface area (Å²) in [6.07, 6.45) is 2.72. The zero-order chi connectivity index (χ0) is 13.2. The molecule has 1 aliphatic heterocycles. The summed E-state index contributed by atoms with van der Waals surface area (Å²) < 4.78 is 10.5. The minimum absolute atomic E-state index is 0.0553. The van der Waals surface area contributed by atoms with Crippen LogP contribution in [0.15, 0.2) is 0 Å². The summed E-state index contributed by atoms with van der Waals surface area (Å²) in [5, 5.41) is 5.11. The molecule has 6 heteroatoms. The summed E-state index contributed by atoms with van der Waals surface area (Å²) in [6.45, 7) is 4.77. The second kappa shape index (κ2) is 8.88. The molecule has 1 atom stereocenters. The summed E-state index contributed by atoms with van der Waals surface area (Å²) in [6, 6.07) is 0. The van der Waals surface area contributed by atoms with Gasteiger partial charge >= 0.3 is 11.8 Å². The lowest BCUT2D eigenvalue weighted by molar-refractivity contribution is -0.139. The zero-order valence-corrected chi connectivity index (χ0v) is 10.9. The van der Waals surface area contributed by atoms with Gasteiger partial charge in [-0.25, -0.2) is 0 Å². The minimum Gasteiger partial charge on any atom is -0.382 e. The lowest BCUT2D eigenvalue weighted by Gasteiger charge is -2.10. The maximum Gasteiger partial charge on any atom is 0.309 e. The van der Waals surface area contributed by atoms with Gasteiger partial charge in [-0.1, -0.05) is 0 Å². The van der Waals surface area contributed by atoms with E-state index in [1.165, 1.54) is 0 Å². The third-order valence-electron chi connectivity index (χ3n) is 2.68. The number of ether oxygens (including phenoxy) is 2. The molecule has 104 valence electrons. The van der Waals surface area contributed by atoms with E-state index >= 15 is 0 Å². The predicted molar refractivity (Wildman–Crippen MR) is 66.1 cm³/mol. The van der Waals surface area contributed by atoms with Gasteiger partial charge in [0.1, 0.15) is 0 Å². The molecule has 0 aromatic carbocycles. The largest absolute Gasteiger partial charge is 0.382 e. The summed E-state index contributed by atoms with van der Waals surface area (Å²) in [5.74, 6) is -1.19. The molecule has 0 bridgehead atoms. The minimum atomic E-state index is -0.595. The van der Waals surface area contributed by atoms with E-state index < -0.39 is 11.8 Å². The fraction of sp³-hybridized carbons (Fsp3) is 0.833. The van der Waals surface area contributed by atoms with Crippen molar-refractivity contribution in [2.45, 2.75) is 32.3 Å². The van der Waals surface area contributed by atoms with E-state index in [2.05, 4.69) is 10.6 Å². The third kappa shape index (κ3) is 5.97. The Hall–Kier alpha value is -1.14. The molecule has 0 aromatic heterocycles. The average molecular weight is 258 g/mol. The van der Waals surface area contributed by atoms with Crippen LogP contribution in [-0.2, 0) is 19.1 Å². The molecule has 1 aliphatic rings. The maximum absolute atomic E-state index is 11.4. The van der Waals surface area contributed by atoms with Gasteiger partial charge in [0, 0.05) is 32.9 Å². The number of amides is 2. The van der Waals surface area contributed by atoms with Gasteiger partial charge in [-0.05, 0) is 26.2 Å². The maximum atomic E-state index is 11.4. The summed E-state index contributed by atoms with van der Waals surface area (Å²) >= 11 is 0. The Morgan fingerprint density at radius 2 is 2.11 bits per heavy atom. The monoisotopic (exact) mass is 258 g/mol. The van der Waals surface area contributed by atoms with Crippen molar-refractivity contribution in [3.05, 3.63) is 0 Å². The molecule has 0 unspecified atom stereocenters. The van der Waals surface area contributed by atoms with E-state index in [0.717, 1.165) is 19.4 Å². The first-order valence-corrected chi connectivity index (χ1v) is 6.49. The Morgan fingerprint density at radius 3 is 2.78 bits per heavy atom. The van der Waals surface area contributed by atoms with Crippen LogP contribution in [-0.4, -0.2) is 50.8 Å². The highest BCUT2D eigenvalue weighted by Crippen LogP contribution is 2.10. The molecular weight excluding hydrogens is 236 g/mol. The van der Waals surface area contributed by atoms with Crippen molar-refractivity contribution >= 4 is 11.8 Å². The molecule has 0 spiro atoms. The molecule has 2 amide bonds. The molecule has 1 saturated heterocycles. The van der Waals surface area contributed by atoms with Crippen molar-refractivity contribution in [1.82, 2.24) is 10.6 Å². The van der Waals surface area contributed by atoms with Gasteiger partial charge in [-0.3, -0.25) is 9.59 Å². The van der Waals surface area contributed by atoms with Crippen LogP contribution in [0.5, 0.6) is 0 Å². The van der Waals surface area contributed by atoms with E-state index in [4.69, 9.17) is 9.47 Å². The molecule has 0 radical (unpaired) electrons. The highest BCUT2D eigenvalue weighted by molar-refractivity contribution is 6.35.